The minimum atomic E-state index is -0.578. The molecule has 1 unspecified atom stereocenters. The zero-order valence-corrected chi connectivity index (χ0v) is 11.2. The van der Waals surface area contributed by atoms with Gasteiger partial charge in [-0.2, -0.15) is 0 Å². The van der Waals surface area contributed by atoms with Crippen LogP contribution in [0.1, 0.15) is 20.8 Å². The number of nitrogens with one attached hydrogen (secondary N) is 1. The number of nitro groups is 1. The first-order chi connectivity index (χ1) is 8.21. The number of hydrogen-bond donors (Lipinski definition) is 2. The second kappa shape index (κ2) is 5.49. The van der Waals surface area contributed by atoms with Crippen molar-refractivity contribution in [1.82, 2.24) is 4.98 Å². The van der Waals surface area contributed by atoms with E-state index in [0.717, 1.165) is 6.20 Å². The fraction of sp³-hybridized carbons (Fsp3) is 0.545. The lowest BCUT2D eigenvalue weighted by molar-refractivity contribution is -0.385. The predicted octanol–water partition coefficient (Wildman–Crippen LogP) is 2.46. The maximum Gasteiger partial charge on any atom is 0.289 e. The van der Waals surface area contributed by atoms with Crippen molar-refractivity contribution in [2.24, 2.45) is 5.41 Å². The molecule has 1 aromatic heterocycles. The molecular formula is C11H16ClN3O3. The predicted molar refractivity (Wildman–Crippen MR) is 69.9 cm³/mol. The lowest BCUT2D eigenvalue weighted by Crippen LogP contribution is -2.33. The standard InChI is InChI=1S/C11H16ClN3O3/c1-11(2,3)9(16)6-14-10-8(12)4-7(5-13-10)15(17)18/h4-5,9,16H,6H2,1-3H3,(H,13,14). The van der Waals surface area contributed by atoms with Crippen molar-refractivity contribution in [2.75, 3.05) is 11.9 Å². The molecule has 0 saturated carbocycles. The summed E-state index contributed by atoms with van der Waals surface area (Å²) in [5, 5.41) is 23.4. The molecule has 0 bridgehead atoms. The van der Waals surface area contributed by atoms with Crippen LogP contribution in [0.3, 0.4) is 0 Å². The van der Waals surface area contributed by atoms with Crippen LogP contribution in [0.4, 0.5) is 11.5 Å². The molecule has 2 N–H and O–H groups in total. The number of pyridine rings is 1. The second-order valence-corrected chi connectivity index (χ2v) is 5.45. The Morgan fingerprint density at radius 2 is 2.22 bits per heavy atom. The number of anilines is 1. The molecular weight excluding hydrogens is 258 g/mol. The molecule has 0 amide bonds. The average Bonchev–Trinajstić information content (AvgIpc) is 2.25. The first-order valence-electron chi connectivity index (χ1n) is 5.43. The van der Waals surface area contributed by atoms with Crippen molar-refractivity contribution < 1.29 is 10.0 Å². The SMILES string of the molecule is CC(C)(C)C(O)CNc1ncc([N+](=O)[O-])cc1Cl. The number of rotatable bonds is 4. The molecule has 6 nitrogen and oxygen atoms in total. The third kappa shape index (κ3) is 3.82. The molecule has 0 aliphatic carbocycles. The van der Waals surface area contributed by atoms with Crippen LogP contribution in [0, 0.1) is 15.5 Å². The normalized spacial score (nSPS) is 13.2. The maximum atomic E-state index is 10.5. The van der Waals surface area contributed by atoms with Crippen LogP contribution in [0.2, 0.25) is 5.02 Å². The zero-order valence-electron chi connectivity index (χ0n) is 10.5. The second-order valence-electron chi connectivity index (χ2n) is 5.04. The van der Waals surface area contributed by atoms with Gasteiger partial charge in [0.2, 0.25) is 0 Å². The van der Waals surface area contributed by atoms with Gasteiger partial charge in [0.15, 0.2) is 0 Å². The van der Waals surface area contributed by atoms with E-state index < -0.39 is 11.0 Å². The monoisotopic (exact) mass is 273 g/mol. The number of aromatic nitrogens is 1. The van der Waals surface area contributed by atoms with Gasteiger partial charge in [-0.15, -0.1) is 0 Å². The van der Waals surface area contributed by atoms with Crippen molar-refractivity contribution in [1.29, 1.82) is 0 Å². The highest BCUT2D eigenvalue weighted by atomic mass is 35.5. The van der Waals surface area contributed by atoms with E-state index in [1.165, 1.54) is 6.07 Å². The summed E-state index contributed by atoms with van der Waals surface area (Å²) in [4.78, 5) is 13.8. The van der Waals surface area contributed by atoms with Gasteiger partial charge >= 0.3 is 0 Å². The largest absolute Gasteiger partial charge is 0.391 e. The number of aliphatic hydroxyl groups excluding tert-OH is 1. The summed E-state index contributed by atoms with van der Waals surface area (Å²) in [6.07, 6.45) is 0.545. The van der Waals surface area contributed by atoms with Gasteiger partial charge in [-0.1, -0.05) is 32.4 Å². The molecule has 1 heterocycles. The summed E-state index contributed by atoms with van der Waals surface area (Å²) < 4.78 is 0. The third-order valence-electron chi connectivity index (χ3n) is 2.50. The number of nitrogens with zero attached hydrogens (tertiary/aromatic N) is 2. The van der Waals surface area contributed by atoms with Crippen molar-refractivity contribution in [3.05, 3.63) is 27.4 Å². The van der Waals surface area contributed by atoms with E-state index in [2.05, 4.69) is 10.3 Å². The quantitative estimate of drug-likeness (QED) is 0.650. The van der Waals surface area contributed by atoms with Crippen LogP contribution in [-0.2, 0) is 0 Å². The molecule has 7 heteroatoms. The first kappa shape index (κ1) is 14.7. The van der Waals surface area contributed by atoms with Crippen molar-refractivity contribution in [2.45, 2.75) is 26.9 Å². The van der Waals surface area contributed by atoms with Gasteiger partial charge in [-0.25, -0.2) is 4.98 Å². The van der Waals surface area contributed by atoms with Crippen molar-refractivity contribution in [3.63, 3.8) is 0 Å². The van der Waals surface area contributed by atoms with Gasteiger partial charge in [-0.3, -0.25) is 10.1 Å². The lowest BCUT2D eigenvalue weighted by atomic mass is 9.89. The summed E-state index contributed by atoms with van der Waals surface area (Å²) in [6, 6.07) is 1.22. The average molecular weight is 274 g/mol. The van der Waals surface area contributed by atoms with E-state index in [1.807, 2.05) is 20.8 Å². The molecule has 0 aliphatic rings. The first-order valence-corrected chi connectivity index (χ1v) is 5.81. The fourth-order valence-electron chi connectivity index (χ4n) is 1.16. The molecule has 0 fully saturated rings. The minimum absolute atomic E-state index is 0.158. The Labute approximate surface area is 110 Å². The Morgan fingerprint density at radius 1 is 1.61 bits per heavy atom. The molecule has 100 valence electrons. The van der Waals surface area contributed by atoms with E-state index in [0.29, 0.717) is 5.82 Å². The highest BCUT2D eigenvalue weighted by Crippen LogP contribution is 2.25. The Morgan fingerprint density at radius 3 is 2.67 bits per heavy atom. The van der Waals surface area contributed by atoms with Gasteiger partial charge in [0.25, 0.3) is 5.69 Å². The summed E-state index contributed by atoms with van der Waals surface area (Å²) in [5.41, 5.74) is -0.429. The molecule has 1 rings (SSSR count). The zero-order chi connectivity index (χ0) is 13.9. The van der Waals surface area contributed by atoms with Crippen LogP contribution in [0.5, 0.6) is 0 Å². The molecule has 0 aromatic carbocycles. The van der Waals surface area contributed by atoms with E-state index in [9.17, 15) is 15.2 Å². The third-order valence-corrected chi connectivity index (χ3v) is 2.79. The van der Waals surface area contributed by atoms with Gasteiger partial charge in [0, 0.05) is 12.6 Å². The minimum Gasteiger partial charge on any atom is -0.391 e. The summed E-state index contributed by atoms with van der Waals surface area (Å²) in [5.74, 6) is 0.325. The number of aliphatic hydroxyl groups is 1. The lowest BCUT2D eigenvalue weighted by Gasteiger charge is -2.26. The highest BCUT2D eigenvalue weighted by molar-refractivity contribution is 6.33. The maximum absolute atomic E-state index is 10.5. The molecule has 0 radical (unpaired) electrons. The van der Waals surface area contributed by atoms with Crippen LogP contribution >= 0.6 is 11.6 Å². The Kier molecular flexibility index (Phi) is 4.48. The fourth-order valence-corrected chi connectivity index (χ4v) is 1.38. The van der Waals surface area contributed by atoms with Crippen molar-refractivity contribution in [3.8, 4) is 0 Å². The van der Waals surface area contributed by atoms with Gasteiger partial charge in [0.05, 0.1) is 16.0 Å². The van der Waals surface area contributed by atoms with Gasteiger partial charge in [0.1, 0.15) is 12.0 Å². The van der Waals surface area contributed by atoms with Crippen LogP contribution < -0.4 is 5.32 Å². The van der Waals surface area contributed by atoms with E-state index in [1.54, 1.807) is 0 Å². The van der Waals surface area contributed by atoms with Crippen LogP contribution in [0.15, 0.2) is 12.3 Å². The van der Waals surface area contributed by atoms with Crippen LogP contribution in [-0.4, -0.2) is 27.7 Å². The molecule has 1 aromatic rings. The Bertz CT molecular complexity index is 446. The van der Waals surface area contributed by atoms with E-state index in [4.69, 9.17) is 11.6 Å². The molecule has 0 spiro atoms. The highest BCUT2D eigenvalue weighted by Gasteiger charge is 2.22. The van der Waals surface area contributed by atoms with Crippen molar-refractivity contribution >= 4 is 23.1 Å². The molecule has 18 heavy (non-hydrogen) atoms. The number of hydrogen-bond acceptors (Lipinski definition) is 5. The van der Waals surface area contributed by atoms with Gasteiger partial charge < -0.3 is 10.4 Å². The number of halogens is 1. The molecule has 1 atom stereocenters. The Balaban J connectivity index is 2.72. The smallest absolute Gasteiger partial charge is 0.289 e. The van der Waals surface area contributed by atoms with E-state index >= 15 is 0 Å². The topological polar surface area (TPSA) is 88.3 Å². The van der Waals surface area contributed by atoms with Gasteiger partial charge in [-0.05, 0) is 5.41 Å². The summed E-state index contributed by atoms with van der Waals surface area (Å²) >= 11 is 5.86. The summed E-state index contributed by atoms with van der Waals surface area (Å²) in [6.45, 7) is 5.99. The Hall–Kier alpha value is -1.40. The summed E-state index contributed by atoms with van der Waals surface area (Å²) in [7, 11) is 0. The van der Waals surface area contributed by atoms with Crippen LogP contribution in [0.25, 0.3) is 0 Å². The molecule has 0 saturated heterocycles. The van der Waals surface area contributed by atoms with E-state index in [-0.39, 0.29) is 22.7 Å². The molecule has 0 aliphatic heterocycles.